The van der Waals surface area contributed by atoms with E-state index in [0.29, 0.717) is 4.52 Å². The first-order valence-corrected chi connectivity index (χ1v) is 8.94. The number of hydrogen-bond donors (Lipinski definition) is 1. The minimum Gasteiger partial charge on any atom is -0.330 e. The Morgan fingerprint density at radius 1 is 1.13 bits per heavy atom. The molecule has 4 rings (SSSR count). The maximum atomic E-state index is 14.2. The third kappa shape index (κ3) is 3.47. The van der Waals surface area contributed by atoms with Crippen molar-refractivity contribution in [1.82, 2.24) is 19.8 Å². The summed E-state index contributed by atoms with van der Waals surface area (Å²) in [6.45, 7) is 0.0328. The molecule has 1 saturated heterocycles. The number of piperidine rings is 1. The van der Waals surface area contributed by atoms with Crippen LogP contribution in [-0.4, -0.2) is 38.8 Å². The second kappa shape index (κ2) is 7.27. The van der Waals surface area contributed by atoms with Crippen molar-refractivity contribution in [3.05, 3.63) is 53.4 Å². The monoisotopic (exact) mass is 426 g/mol. The molecule has 1 aromatic carbocycles. The average molecular weight is 426 g/mol. The molecule has 0 spiro atoms. The first kappa shape index (κ1) is 20.1. The summed E-state index contributed by atoms with van der Waals surface area (Å²) in [6, 6.07) is 5.59. The molecule has 158 valence electrons. The molecule has 1 aliphatic heterocycles. The Morgan fingerprint density at radius 3 is 2.60 bits per heavy atom. The average Bonchev–Trinajstić information content (AvgIpc) is 3.13. The fraction of sp³-hybridized carbons (Fsp3) is 0.333. The highest BCUT2D eigenvalue weighted by molar-refractivity contribution is 5.94. The standard InChI is InChI=1S/C18H15F5N6O/c19-10-1-2-13(20)12(5-10)11-6-16(30)28(8-9(11)7-24)15-4-3-14-25-26-17(18(21,22)23)29(14)27-15/h1-5,9,11H,6-8,24H2/t9-,11-/m0/s1. The molecule has 2 N–H and O–H groups in total. The number of carbonyl (C=O) groups is 1. The Balaban J connectivity index is 1.69. The highest BCUT2D eigenvalue weighted by Gasteiger charge is 2.39. The molecule has 0 radical (unpaired) electrons. The van der Waals surface area contributed by atoms with Gasteiger partial charge in [0.1, 0.15) is 11.6 Å². The van der Waals surface area contributed by atoms with Gasteiger partial charge in [0.25, 0.3) is 5.82 Å². The third-order valence-corrected chi connectivity index (χ3v) is 5.12. The zero-order chi connectivity index (χ0) is 21.6. The zero-order valence-electron chi connectivity index (χ0n) is 15.3. The highest BCUT2D eigenvalue weighted by atomic mass is 19.4. The summed E-state index contributed by atoms with van der Waals surface area (Å²) in [5, 5.41) is 10.4. The lowest BCUT2D eigenvalue weighted by molar-refractivity contribution is -0.146. The summed E-state index contributed by atoms with van der Waals surface area (Å²) in [4.78, 5) is 13.9. The second-order valence-corrected chi connectivity index (χ2v) is 6.96. The van der Waals surface area contributed by atoms with Gasteiger partial charge in [-0.05, 0) is 48.4 Å². The van der Waals surface area contributed by atoms with E-state index in [4.69, 9.17) is 5.73 Å². The minimum atomic E-state index is -4.78. The van der Waals surface area contributed by atoms with Gasteiger partial charge in [-0.25, -0.2) is 8.78 Å². The Hall–Kier alpha value is -3.15. The van der Waals surface area contributed by atoms with Crippen LogP contribution in [0.4, 0.5) is 27.8 Å². The van der Waals surface area contributed by atoms with Crippen LogP contribution in [0, 0.1) is 17.6 Å². The number of halogens is 5. The quantitative estimate of drug-likeness (QED) is 0.651. The molecule has 2 atom stereocenters. The van der Waals surface area contributed by atoms with E-state index in [1.165, 1.54) is 17.0 Å². The number of benzene rings is 1. The predicted octanol–water partition coefficient (Wildman–Crippen LogP) is 2.52. The van der Waals surface area contributed by atoms with Crippen LogP contribution in [0.5, 0.6) is 0 Å². The molecule has 1 fully saturated rings. The number of hydrogen-bond acceptors (Lipinski definition) is 5. The van der Waals surface area contributed by atoms with Crippen molar-refractivity contribution in [3.8, 4) is 0 Å². The fourth-order valence-corrected chi connectivity index (χ4v) is 3.65. The van der Waals surface area contributed by atoms with Gasteiger partial charge in [-0.15, -0.1) is 15.3 Å². The summed E-state index contributed by atoms with van der Waals surface area (Å²) in [6.07, 6.45) is -4.98. The number of alkyl halides is 3. The number of aromatic nitrogens is 4. The molecular weight excluding hydrogens is 411 g/mol. The molecule has 3 aromatic rings. The maximum absolute atomic E-state index is 14.2. The maximum Gasteiger partial charge on any atom is 0.453 e. The fourth-order valence-electron chi connectivity index (χ4n) is 3.65. The zero-order valence-corrected chi connectivity index (χ0v) is 15.3. The first-order chi connectivity index (χ1) is 14.2. The molecule has 3 heterocycles. The van der Waals surface area contributed by atoms with Crippen molar-refractivity contribution in [1.29, 1.82) is 0 Å². The SMILES string of the molecule is NC[C@H]1CN(c2ccc3nnc(C(F)(F)F)n3n2)C(=O)C[C@@H]1c1cc(F)ccc1F. The summed E-state index contributed by atoms with van der Waals surface area (Å²) in [5.41, 5.74) is 5.72. The number of nitrogens with zero attached hydrogens (tertiary/aromatic N) is 5. The van der Waals surface area contributed by atoms with E-state index in [1.54, 1.807) is 0 Å². The van der Waals surface area contributed by atoms with Crippen molar-refractivity contribution in [3.63, 3.8) is 0 Å². The molecule has 0 unspecified atom stereocenters. The normalized spacial score (nSPS) is 20.2. The van der Waals surface area contributed by atoms with Crippen LogP contribution >= 0.6 is 0 Å². The number of carbonyl (C=O) groups excluding carboxylic acids is 1. The van der Waals surface area contributed by atoms with Crippen molar-refractivity contribution >= 4 is 17.4 Å². The van der Waals surface area contributed by atoms with Gasteiger partial charge in [0.15, 0.2) is 11.5 Å². The molecule has 2 aromatic heterocycles. The topological polar surface area (TPSA) is 89.4 Å². The summed E-state index contributed by atoms with van der Waals surface area (Å²) in [5.74, 6) is -4.29. The van der Waals surface area contributed by atoms with Gasteiger partial charge in [0.05, 0.1) is 0 Å². The molecule has 7 nitrogen and oxygen atoms in total. The number of nitrogens with two attached hydrogens (primary N) is 1. The number of rotatable bonds is 3. The summed E-state index contributed by atoms with van der Waals surface area (Å²) in [7, 11) is 0. The van der Waals surface area contributed by atoms with E-state index in [0.717, 1.165) is 18.2 Å². The number of anilines is 1. The van der Waals surface area contributed by atoms with E-state index in [9.17, 15) is 26.7 Å². The molecule has 1 aliphatic rings. The van der Waals surface area contributed by atoms with E-state index < -0.39 is 41.4 Å². The minimum absolute atomic E-state index is 0.0159. The lowest BCUT2D eigenvalue weighted by Crippen LogP contribution is -2.46. The smallest absolute Gasteiger partial charge is 0.330 e. The number of fused-ring (bicyclic) bond motifs is 1. The van der Waals surface area contributed by atoms with Crippen LogP contribution in [0.3, 0.4) is 0 Å². The van der Waals surface area contributed by atoms with Crippen LogP contribution in [0.15, 0.2) is 30.3 Å². The first-order valence-electron chi connectivity index (χ1n) is 8.94. The van der Waals surface area contributed by atoms with Gasteiger partial charge in [-0.1, -0.05) is 0 Å². The molecule has 30 heavy (non-hydrogen) atoms. The van der Waals surface area contributed by atoms with Crippen LogP contribution in [-0.2, 0) is 11.0 Å². The largest absolute Gasteiger partial charge is 0.453 e. The Bertz CT molecular complexity index is 1110. The van der Waals surface area contributed by atoms with E-state index in [-0.39, 0.29) is 36.5 Å². The van der Waals surface area contributed by atoms with Crippen molar-refractivity contribution in [2.75, 3.05) is 18.0 Å². The Labute approximate surface area is 166 Å². The lowest BCUT2D eigenvalue weighted by Gasteiger charge is -2.37. The van der Waals surface area contributed by atoms with Crippen LogP contribution in [0.1, 0.15) is 23.7 Å². The Kier molecular flexibility index (Phi) is 4.88. The van der Waals surface area contributed by atoms with E-state index >= 15 is 0 Å². The van der Waals surface area contributed by atoms with Gasteiger partial charge in [0.2, 0.25) is 5.91 Å². The van der Waals surface area contributed by atoms with Gasteiger partial charge >= 0.3 is 6.18 Å². The van der Waals surface area contributed by atoms with Crippen LogP contribution in [0.25, 0.3) is 5.65 Å². The highest BCUT2D eigenvalue weighted by Crippen LogP contribution is 2.36. The summed E-state index contributed by atoms with van der Waals surface area (Å²) < 4.78 is 67.7. The van der Waals surface area contributed by atoms with Gasteiger partial charge in [-0.3, -0.25) is 9.69 Å². The Morgan fingerprint density at radius 2 is 1.90 bits per heavy atom. The molecular formula is C18H15F5N6O. The van der Waals surface area contributed by atoms with Gasteiger partial charge in [-0.2, -0.15) is 17.7 Å². The summed E-state index contributed by atoms with van der Waals surface area (Å²) >= 11 is 0. The molecule has 0 bridgehead atoms. The molecule has 0 aliphatic carbocycles. The van der Waals surface area contributed by atoms with Gasteiger partial charge < -0.3 is 5.73 Å². The lowest BCUT2D eigenvalue weighted by atomic mass is 9.80. The van der Waals surface area contributed by atoms with Gasteiger partial charge in [0, 0.05) is 18.9 Å². The molecule has 1 amide bonds. The van der Waals surface area contributed by atoms with Crippen molar-refractivity contribution < 1.29 is 26.7 Å². The van der Waals surface area contributed by atoms with E-state index in [1.807, 2.05) is 0 Å². The number of amides is 1. The molecule has 12 heteroatoms. The van der Waals surface area contributed by atoms with Crippen LogP contribution in [0.2, 0.25) is 0 Å². The second-order valence-electron chi connectivity index (χ2n) is 6.96. The predicted molar refractivity (Wildman–Crippen MR) is 94.4 cm³/mol. The third-order valence-electron chi connectivity index (χ3n) is 5.12. The van der Waals surface area contributed by atoms with Crippen molar-refractivity contribution in [2.45, 2.75) is 18.5 Å². The molecule has 0 saturated carbocycles. The van der Waals surface area contributed by atoms with E-state index in [2.05, 4.69) is 15.3 Å². The van der Waals surface area contributed by atoms with Crippen LogP contribution < -0.4 is 10.6 Å². The van der Waals surface area contributed by atoms with Crippen molar-refractivity contribution in [2.24, 2.45) is 11.7 Å².